The van der Waals surface area contributed by atoms with Gasteiger partial charge < -0.3 is 4.74 Å². The predicted octanol–water partition coefficient (Wildman–Crippen LogP) is 6.02. The number of halogens is 2. The summed E-state index contributed by atoms with van der Waals surface area (Å²) >= 11 is 0. The highest BCUT2D eigenvalue weighted by atomic mass is 33.1. The van der Waals surface area contributed by atoms with Gasteiger partial charge in [-0.25, -0.2) is 13.8 Å². The molecule has 2 aromatic rings. The van der Waals surface area contributed by atoms with Gasteiger partial charge in [0, 0.05) is 11.5 Å². The summed E-state index contributed by atoms with van der Waals surface area (Å²) in [5, 5.41) is 0. The lowest BCUT2D eigenvalue weighted by Crippen LogP contribution is -2.07. The van der Waals surface area contributed by atoms with Crippen molar-refractivity contribution in [2.24, 2.45) is 10.9 Å². The minimum absolute atomic E-state index is 0.0373. The molecule has 6 heteroatoms. The first-order valence-corrected chi connectivity index (χ1v) is 11.0. The maximum absolute atomic E-state index is 13.9. The molecule has 1 heterocycles. The fourth-order valence-electron chi connectivity index (χ4n) is 2.51. The largest absolute Gasteiger partial charge is 0.475 e. The van der Waals surface area contributed by atoms with Gasteiger partial charge in [-0.15, -0.1) is 0 Å². The van der Waals surface area contributed by atoms with Crippen LogP contribution in [-0.4, -0.2) is 18.3 Å². The van der Waals surface area contributed by atoms with Crippen molar-refractivity contribution in [1.29, 1.82) is 0 Å². The van der Waals surface area contributed by atoms with Crippen molar-refractivity contribution in [3.05, 3.63) is 70.8 Å². The Bertz CT molecular complexity index is 758. The Labute approximate surface area is 160 Å². The molecule has 1 unspecified atom stereocenters. The number of ether oxygens (including phenoxy) is 1. The van der Waals surface area contributed by atoms with E-state index in [1.54, 1.807) is 0 Å². The van der Waals surface area contributed by atoms with E-state index in [-0.39, 0.29) is 17.5 Å². The lowest BCUT2D eigenvalue weighted by Gasteiger charge is -2.07. The van der Waals surface area contributed by atoms with Crippen molar-refractivity contribution in [1.82, 2.24) is 0 Å². The Balaban J connectivity index is 1.64. The van der Waals surface area contributed by atoms with Crippen LogP contribution < -0.4 is 0 Å². The normalized spacial score (nSPS) is 16.7. The van der Waals surface area contributed by atoms with Crippen LogP contribution in [0, 0.1) is 17.6 Å². The maximum atomic E-state index is 13.9. The number of nitrogens with zero attached hydrogens (tertiary/aromatic N) is 1. The van der Waals surface area contributed by atoms with Gasteiger partial charge in [-0.1, -0.05) is 65.8 Å². The first-order chi connectivity index (χ1) is 12.5. The quantitative estimate of drug-likeness (QED) is 0.424. The van der Waals surface area contributed by atoms with Crippen LogP contribution in [-0.2, 0) is 10.5 Å². The molecule has 2 aromatic carbocycles. The molecule has 2 nitrogen and oxygen atoms in total. The number of benzene rings is 2. The van der Waals surface area contributed by atoms with E-state index < -0.39 is 11.6 Å². The lowest BCUT2D eigenvalue weighted by atomic mass is 10.1. The van der Waals surface area contributed by atoms with Gasteiger partial charge in [0.15, 0.2) is 0 Å². The van der Waals surface area contributed by atoms with E-state index in [0.717, 1.165) is 17.1 Å². The molecule has 0 fully saturated rings. The summed E-state index contributed by atoms with van der Waals surface area (Å²) in [5.74, 6) is 1.52. The number of hydrogen-bond donors (Lipinski definition) is 0. The monoisotopic (exact) mass is 393 g/mol. The second kappa shape index (κ2) is 8.91. The third kappa shape index (κ3) is 4.80. The van der Waals surface area contributed by atoms with Gasteiger partial charge in [0.05, 0.1) is 0 Å². The fourth-order valence-corrected chi connectivity index (χ4v) is 5.06. The Morgan fingerprint density at radius 2 is 1.77 bits per heavy atom. The van der Waals surface area contributed by atoms with E-state index in [2.05, 4.69) is 31.0 Å². The zero-order valence-corrected chi connectivity index (χ0v) is 16.4. The van der Waals surface area contributed by atoms with E-state index >= 15 is 0 Å². The summed E-state index contributed by atoms with van der Waals surface area (Å²) in [4.78, 5) is 4.38. The van der Waals surface area contributed by atoms with Crippen LogP contribution in [0.1, 0.15) is 36.6 Å². The van der Waals surface area contributed by atoms with Crippen molar-refractivity contribution in [3.63, 3.8) is 0 Å². The lowest BCUT2D eigenvalue weighted by molar-refractivity contribution is 0.317. The van der Waals surface area contributed by atoms with Gasteiger partial charge in [0.1, 0.15) is 29.8 Å². The topological polar surface area (TPSA) is 21.6 Å². The van der Waals surface area contributed by atoms with Gasteiger partial charge in [-0.2, -0.15) is 0 Å². The van der Waals surface area contributed by atoms with Gasteiger partial charge >= 0.3 is 0 Å². The SMILES string of the molecule is CC(C)CSSCc1ccc(C2COC(c3c(F)cccc3F)=N2)cc1. The maximum Gasteiger partial charge on any atom is 0.222 e. The van der Waals surface area contributed by atoms with Crippen molar-refractivity contribution < 1.29 is 13.5 Å². The van der Waals surface area contributed by atoms with Crippen LogP contribution in [0.15, 0.2) is 47.5 Å². The Morgan fingerprint density at radius 1 is 1.08 bits per heavy atom. The molecule has 138 valence electrons. The Kier molecular flexibility index (Phi) is 6.59. The highest BCUT2D eigenvalue weighted by Gasteiger charge is 2.26. The smallest absolute Gasteiger partial charge is 0.222 e. The highest BCUT2D eigenvalue weighted by Crippen LogP contribution is 2.30. The molecule has 0 N–H and O–H groups in total. The fraction of sp³-hybridized carbons (Fsp3) is 0.350. The molecular weight excluding hydrogens is 372 g/mol. The Hall–Kier alpha value is -1.53. The van der Waals surface area contributed by atoms with E-state index in [1.807, 2.05) is 33.7 Å². The molecule has 0 saturated carbocycles. The minimum Gasteiger partial charge on any atom is -0.475 e. The average Bonchev–Trinajstić information content (AvgIpc) is 3.08. The summed E-state index contributed by atoms with van der Waals surface area (Å²) in [7, 11) is 3.74. The standard InChI is InChI=1S/C20H21F2NOS2/c1-13(2)11-25-26-12-14-6-8-15(9-7-14)18-10-24-20(23-18)19-16(21)4-3-5-17(19)22/h3-9,13,18H,10-12H2,1-2H3. The minimum atomic E-state index is -0.657. The molecule has 0 spiro atoms. The summed E-state index contributed by atoms with van der Waals surface area (Å²) < 4.78 is 33.2. The molecule has 0 amide bonds. The first-order valence-electron chi connectivity index (χ1n) is 8.53. The van der Waals surface area contributed by atoms with Crippen molar-refractivity contribution in [2.75, 3.05) is 12.4 Å². The molecule has 0 radical (unpaired) electrons. The molecule has 1 aliphatic rings. The molecule has 1 atom stereocenters. The van der Waals surface area contributed by atoms with E-state index in [9.17, 15) is 8.78 Å². The highest BCUT2D eigenvalue weighted by molar-refractivity contribution is 8.76. The van der Waals surface area contributed by atoms with E-state index in [1.165, 1.54) is 23.8 Å². The molecule has 0 aromatic heterocycles. The molecule has 26 heavy (non-hydrogen) atoms. The van der Waals surface area contributed by atoms with Crippen molar-refractivity contribution >= 4 is 27.5 Å². The number of rotatable bonds is 7. The number of aliphatic imine (C=N–C) groups is 1. The van der Waals surface area contributed by atoms with Crippen LogP contribution in [0.4, 0.5) is 8.78 Å². The molecule has 0 saturated heterocycles. The third-order valence-corrected chi connectivity index (χ3v) is 6.58. The summed E-state index contributed by atoms with van der Waals surface area (Å²) in [6, 6.07) is 11.7. The zero-order valence-electron chi connectivity index (χ0n) is 14.7. The average molecular weight is 394 g/mol. The second-order valence-corrected chi connectivity index (χ2v) is 9.05. The molecule has 0 aliphatic carbocycles. The zero-order chi connectivity index (χ0) is 18.5. The van der Waals surface area contributed by atoms with Crippen LogP contribution >= 0.6 is 21.6 Å². The van der Waals surface area contributed by atoms with Crippen LogP contribution in [0.25, 0.3) is 0 Å². The second-order valence-electron chi connectivity index (χ2n) is 6.54. The predicted molar refractivity (Wildman–Crippen MR) is 107 cm³/mol. The summed E-state index contributed by atoms with van der Waals surface area (Å²) in [5.41, 5.74) is 2.05. The molecule has 1 aliphatic heterocycles. The molecule has 0 bridgehead atoms. The van der Waals surface area contributed by atoms with E-state index in [4.69, 9.17) is 4.74 Å². The first kappa shape index (κ1) is 19.2. The van der Waals surface area contributed by atoms with Crippen molar-refractivity contribution in [3.8, 4) is 0 Å². The van der Waals surface area contributed by atoms with Gasteiger partial charge in [0.2, 0.25) is 5.90 Å². The Morgan fingerprint density at radius 3 is 2.42 bits per heavy atom. The molecule has 3 rings (SSSR count). The summed E-state index contributed by atoms with van der Waals surface area (Å²) in [6.07, 6.45) is 0. The van der Waals surface area contributed by atoms with Crippen LogP contribution in [0.5, 0.6) is 0 Å². The summed E-state index contributed by atoms with van der Waals surface area (Å²) in [6.45, 7) is 4.73. The number of hydrogen-bond acceptors (Lipinski definition) is 4. The van der Waals surface area contributed by atoms with E-state index in [0.29, 0.717) is 12.5 Å². The van der Waals surface area contributed by atoms with Gasteiger partial charge in [0.25, 0.3) is 0 Å². The van der Waals surface area contributed by atoms with Crippen molar-refractivity contribution in [2.45, 2.75) is 25.6 Å². The van der Waals surface area contributed by atoms with Gasteiger partial charge in [-0.05, 0) is 29.2 Å². The third-order valence-electron chi connectivity index (χ3n) is 3.90. The molecular formula is C20H21F2NOS2. The van der Waals surface area contributed by atoms with Crippen LogP contribution in [0.3, 0.4) is 0 Å². The van der Waals surface area contributed by atoms with Gasteiger partial charge in [-0.3, -0.25) is 0 Å². The van der Waals surface area contributed by atoms with Crippen LogP contribution in [0.2, 0.25) is 0 Å².